The normalized spacial score (nSPS) is 14.0. The van der Waals surface area contributed by atoms with E-state index in [9.17, 15) is 0 Å². The first kappa shape index (κ1) is 14.2. The van der Waals surface area contributed by atoms with Crippen LogP contribution in [0.1, 0.15) is 38.7 Å². The van der Waals surface area contributed by atoms with Crippen molar-refractivity contribution in [3.63, 3.8) is 0 Å². The summed E-state index contributed by atoms with van der Waals surface area (Å²) < 4.78 is 2.30. The van der Waals surface area contributed by atoms with Crippen molar-refractivity contribution in [2.75, 3.05) is 11.9 Å². The largest absolute Gasteiger partial charge is 0.384 e. The Kier molecular flexibility index (Phi) is 4.28. The van der Waals surface area contributed by atoms with E-state index < -0.39 is 0 Å². The number of hydrogen-bond acceptors (Lipinski definition) is 2. The maximum atomic E-state index is 4.38. The van der Waals surface area contributed by atoms with E-state index >= 15 is 0 Å². The molecular formula is C18H25N3. The second kappa shape index (κ2) is 6.33. The van der Waals surface area contributed by atoms with Crippen molar-refractivity contribution in [1.82, 2.24) is 9.55 Å². The van der Waals surface area contributed by atoms with Crippen LogP contribution in [-0.4, -0.2) is 16.1 Å². The molecule has 1 aliphatic rings. The molecule has 0 fully saturated rings. The van der Waals surface area contributed by atoms with E-state index in [4.69, 9.17) is 0 Å². The summed E-state index contributed by atoms with van der Waals surface area (Å²) in [4.78, 5) is 4.38. The Bertz CT molecular complexity index is 598. The standard InChI is InChI=1S/C18H25N3/c1-14(2)6-5-11-21-13-19-12-17(21)16-9-3-7-15-8-4-10-20-18(15)16/h3,7,9,12-14,20H,4-6,8,10-11H2,1-2H3. The van der Waals surface area contributed by atoms with Gasteiger partial charge in [-0.3, -0.25) is 0 Å². The number of imidazole rings is 1. The van der Waals surface area contributed by atoms with Gasteiger partial charge in [-0.2, -0.15) is 0 Å². The molecule has 3 nitrogen and oxygen atoms in total. The van der Waals surface area contributed by atoms with Crippen LogP contribution in [0.4, 0.5) is 5.69 Å². The molecule has 0 unspecified atom stereocenters. The third kappa shape index (κ3) is 3.12. The number of anilines is 1. The van der Waals surface area contributed by atoms with Gasteiger partial charge < -0.3 is 9.88 Å². The minimum absolute atomic E-state index is 0.767. The van der Waals surface area contributed by atoms with Crippen LogP contribution < -0.4 is 5.32 Å². The van der Waals surface area contributed by atoms with Crippen molar-refractivity contribution in [2.24, 2.45) is 5.92 Å². The Balaban J connectivity index is 1.86. The number of aryl methyl sites for hydroxylation is 2. The lowest BCUT2D eigenvalue weighted by molar-refractivity contribution is 0.513. The molecule has 0 aliphatic carbocycles. The Labute approximate surface area is 127 Å². The van der Waals surface area contributed by atoms with Crippen LogP contribution in [0.15, 0.2) is 30.7 Å². The second-order valence-electron chi connectivity index (χ2n) is 6.38. The van der Waals surface area contributed by atoms with Crippen molar-refractivity contribution in [3.8, 4) is 11.3 Å². The minimum Gasteiger partial charge on any atom is -0.384 e. The predicted molar refractivity (Wildman–Crippen MR) is 88.5 cm³/mol. The van der Waals surface area contributed by atoms with E-state index in [2.05, 4.69) is 46.9 Å². The number of hydrogen-bond donors (Lipinski definition) is 1. The zero-order chi connectivity index (χ0) is 14.7. The maximum absolute atomic E-state index is 4.38. The second-order valence-corrected chi connectivity index (χ2v) is 6.38. The van der Waals surface area contributed by atoms with E-state index in [0.29, 0.717) is 0 Å². The number of aromatic nitrogens is 2. The number of benzene rings is 1. The molecule has 0 saturated carbocycles. The van der Waals surface area contributed by atoms with E-state index in [1.165, 1.54) is 48.2 Å². The van der Waals surface area contributed by atoms with E-state index in [1.54, 1.807) is 0 Å². The number of para-hydroxylation sites is 1. The summed E-state index contributed by atoms with van der Waals surface area (Å²) in [6, 6.07) is 6.63. The lowest BCUT2D eigenvalue weighted by Gasteiger charge is -2.21. The first-order chi connectivity index (χ1) is 10.3. The fraction of sp³-hybridized carbons (Fsp3) is 0.500. The molecule has 0 spiro atoms. The quantitative estimate of drug-likeness (QED) is 0.884. The van der Waals surface area contributed by atoms with Gasteiger partial charge in [-0.05, 0) is 37.2 Å². The van der Waals surface area contributed by atoms with Crippen LogP contribution in [-0.2, 0) is 13.0 Å². The Morgan fingerprint density at radius 1 is 1.33 bits per heavy atom. The Morgan fingerprint density at radius 2 is 2.24 bits per heavy atom. The van der Waals surface area contributed by atoms with Crippen LogP contribution in [0.3, 0.4) is 0 Å². The highest BCUT2D eigenvalue weighted by atomic mass is 15.0. The molecule has 0 atom stereocenters. The summed E-state index contributed by atoms with van der Waals surface area (Å²) in [5.74, 6) is 0.767. The summed E-state index contributed by atoms with van der Waals surface area (Å²) >= 11 is 0. The third-order valence-electron chi connectivity index (χ3n) is 4.24. The maximum Gasteiger partial charge on any atom is 0.0950 e. The van der Waals surface area contributed by atoms with Gasteiger partial charge in [0.2, 0.25) is 0 Å². The summed E-state index contributed by atoms with van der Waals surface area (Å²) in [6.07, 6.45) is 8.85. The Hall–Kier alpha value is -1.77. The average Bonchev–Trinajstić information content (AvgIpc) is 2.94. The van der Waals surface area contributed by atoms with Crippen molar-refractivity contribution in [1.29, 1.82) is 0 Å². The molecule has 2 heterocycles. The van der Waals surface area contributed by atoms with E-state index in [-0.39, 0.29) is 0 Å². The molecule has 0 saturated heterocycles. The monoisotopic (exact) mass is 283 g/mol. The topological polar surface area (TPSA) is 29.9 Å². The van der Waals surface area contributed by atoms with Crippen LogP contribution in [0.2, 0.25) is 0 Å². The van der Waals surface area contributed by atoms with Gasteiger partial charge in [0, 0.05) is 24.3 Å². The van der Waals surface area contributed by atoms with Crippen molar-refractivity contribution in [2.45, 2.75) is 46.1 Å². The highest BCUT2D eigenvalue weighted by Crippen LogP contribution is 2.33. The van der Waals surface area contributed by atoms with E-state index in [0.717, 1.165) is 19.0 Å². The average molecular weight is 283 g/mol. The number of rotatable bonds is 5. The van der Waals surface area contributed by atoms with Gasteiger partial charge in [0.1, 0.15) is 0 Å². The van der Waals surface area contributed by atoms with Gasteiger partial charge in [-0.15, -0.1) is 0 Å². The first-order valence-electron chi connectivity index (χ1n) is 8.12. The molecule has 2 aromatic rings. The Morgan fingerprint density at radius 3 is 3.10 bits per heavy atom. The molecule has 0 bridgehead atoms. The number of fused-ring (bicyclic) bond motifs is 1. The molecule has 1 aliphatic heterocycles. The van der Waals surface area contributed by atoms with Crippen molar-refractivity contribution < 1.29 is 0 Å². The van der Waals surface area contributed by atoms with Gasteiger partial charge in [-0.1, -0.05) is 32.0 Å². The molecule has 0 radical (unpaired) electrons. The molecule has 1 aromatic carbocycles. The molecule has 1 N–H and O–H groups in total. The fourth-order valence-electron chi connectivity index (χ4n) is 3.12. The zero-order valence-electron chi connectivity index (χ0n) is 13.1. The zero-order valence-corrected chi connectivity index (χ0v) is 13.1. The number of nitrogens with one attached hydrogen (secondary N) is 1. The van der Waals surface area contributed by atoms with E-state index in [1.807, 2.05) is 12.5 Å². The summed E-state index contributed by atoms with van der Waals surface area (Å²) in [7, 11) is 0. The molecule has 112 valence electrons. The van der Waals surface area contributed by atoms with Gasteiger partial charge >= 0.3 is 0 Å². The smallest absolute Gasteiger partial charge is 0.0950 e. The van der Waals surface area contributed by atoms with Crippen LogP contribution >= 0.6 is 0 Å². The molecule has 21 heavy (non-hydrogen) atoms. The first-order valence-corrected chi connectivity index (χ1v) is 8.12. The summed E-state index contributed by atoms with van der Waals surface area (Å²) in [5.41, 5.74) is 5.29. The number of nitrogens with zero attached hydrogens (tertiary/aromatic N) is 2. The highest BCUT2D eigenvalue weighted by Gasteiger charge is 2.15. The minimum atomic E-state index is 0.767. The van der Waals surface area contributed by atoms with Crippen molar-refractivity contribution in [3.05, 3.63) is 36.3 Å². The molecule has 3 heteroatoms. The fourth-order valence-corrected chi connectivity index (χ4v) is 3.12. The van der Waals surface area contributed by atoms with Crippen LogP contribution in [0.25, 0.3) is 11.3 Å². The van der Waals surface area contributed by atoms with Gasteiger partial charge in [0.15, 0.2) is 0 Å². The van der Waals surface area contributed by atoms with Gasteiger partial charge in [-0.25, -0.2) is 4.98 Å². The molecule has 1 aromatic heterocycles. The van der Waals surface area contributed by atoms with Crippen LogP contribution in [0.5, 0.6) is 0 Å². The molecule has 0 amide bonds. The summed E-state index contributed by atoms with van der Waals surface area (Å²) in [5, 5.41) is 3.58. The van der Waals surface area contributed by atoms with Gasteiger partial charge in [0.25, 0.3) is 0 Å². The third-order valence-corrected chi connectivity index (χ3v) is 4.24. The lowest BCUT2D eigenvalue weighted by Crippen LogP contribution is -2.13. The van der Waals surface area contributed by atoms with Crippen LogP contribution in [0, 0.1) is 5.92 Å². The predicted octanol–water partition coefficient (Wildman–Crippen LogP) is 4.34. The van der Waals surface area contributed by atoms with Gasteiger partial charge in [0.05, 0.1) is 18.2 Å². The summed E-state index contributed by atoms with van der Waals surface area (Å²) in [6.45, 7) is 6.70. The molecular weight excluding hydrogens is 258 g/mol. The highest BCUT2D eigenvalue weighted by molar-refractivity contribution is 5.78. The van der Waals surface area contributed by atoms with Crippen molar-refractivity contribution >= 4 is 5.69 Å². The SMILES string of the molecule is CC(C)CCCn1cncc1-c1cccc2c1NCCC2. The lowest BCUT2D eigenvalue weighted by atomic mass is 9.98. The molecule has 3 rings (SSSR count).